The van der Waals surface area contributed by atoms with Gasteiger partial charge in [-0.1, -0.05) is 6.07 Å². The first-order valence-corrected chi connectivity index (χ1v) is 9.17. The van der Waals surface area contributed by atoms with Crippen LogP contribution in [0.1, 0.15) is 15.2 Å². The third-order valence-corrected chi connectivity index (χ3v) is 4.72. The van der Waals surface area contributed by atoms with Crippen molar-refractivity contribution in [1.82, 2.24) is 0 Å². The fraction of sp³-hybridized carbons (Fsp3) is 0.214. The maximum absolute atomic E-state index is 12.4. The van der Waals surface area contributed by atoms with Crippen molar-refractivity contribution in [3.63, 3.8) is 0 Å². The molecule has 5 nitrogen and oxygen atoms in total. The zero-order valence-corrected chi connectivity index (χ0v) is 13.0. The fourth-order valence-electron chi connectivity index (χ4n) is 2.42. The summed E-state index contributed by atoms with van der Waals surface area (Å²) in [7, 11) is -3.29. The average molecular weight is 322 g/mol. The Morgan fingerprint density at radius 1 is 1.33 bits per heavy atom. The minimum absolute atomic E-state index is 0.00688. The highest BCUT2D eigenvalue weighted by atomic mass is 32.2. The molecular weight excluding hydrogens is 308 g/mol. The van der Waals surface area contributed by atoms with Gasteiger partial charge in [-0.3, -0.25) is 9.52 Å². The number of amides is 1. The molecule has 0 saturated heterocycles. The highest BCUT2D eigenvalue weighted by Crippen LogP contribution is 2.32. The third kappa shape index (κ3) is 2.93. The van der Waals surface area contributed by atoms with Crippen LogP contribution in [0.15, 0.2) is 35.7 Å². The van der Waals surface area contributed by atoms with Crippen molar-refractivity contribution in [1.29, 1.82) is 0 Å². The summed E-state index contributed by atoms with van der Waals surface area (Å²) in [5.74, 6) is -0.00688. The van der Waals surface area contributed by atoms with Gasteiger partial charge in [-0.15, -0.1) is 11.3 Å². The number of anilines is 2. The second-order valence-electron chi connectivity index (χ2n) is 4.90. The maximum Gasteiger partial charge on any atom is 0.268 e. The van der Waals surface area contributed by atoms with Gasteiger partial charge >= 0.3 is 0 Å². The maximum atomic E-state index is 12.4. The molecule has 0 atom stereocenters. The van der Waals surface area contributed by atoms with Crippen molar-refractivity contribution in [2.75, 3.05) is 22.4 Å². The molecule has 0 fully saturated rings. The summed E-state index contributed by atoms with van der Waals surface area (Å²) in [6.07, 6.45) is 1.85. The van der Waals surface area contributed by atoms with Gasteiger partial charge in [-0.2, -0.15) is 0 Å². The molecule has 1 aromatic carbocycles. The molecule has 0 aliphatic carbocycles. The molecule has 2 aromatic rings. The van der Waals surface area contributed by atoms with E-state index in [9.17, 15) is 13.2 Å². The molecule has 21 heavy (non-hydrogen) atoms. The number of benzene rings is 1. The van der Waals surface area contributed by atoms with E-state index in [-0.39, 0.29) is 5.91 Å². The molecule has 1 N–H and O–H groups in total. The lowest BCUT2D eigenvalue weighted by Gasteiger charge is -2.16. The number of fused-ring (bicyclic) bond motifs is 1. The zero-order valence-electron chi connectivity index (χ0n) is 11.4. The molecule has 0 bridgehead atoms. The van der Waals surface area contributed by atoms with Crippen LogP contribution >= 0.6 is 11.3 Å². The SMILES string of the molecule is CS(=O)(=O)Nc1ccc2c(c1)CCN2C(=O)c1cccs1. The summed E-state index contributed by atoms with van der Waals surface area (Å²) >= 11 is 1.42. The van der Waals surface area contributed by atoms with Crippen LogP contribution in [0.3, 0.4) is 0 Å². The first-order valence-electron chi connectivity index (χ1n) is 6.40. The van der Waals surface area contributed by atoms with Crippen molar-refractivity contribution in [2.45, 2.75) is 6.42 Å². The lowest BCUT2D eigenvalue weighted by molar-refractivity contribution is 0.0993. The van der Waals surface area contributed by atoms with E-state index in [1.54, 1.807) is 23.1 Å². The number of hydrogen-bond donors (Lipinski definition) is 1. The molecule has 1 aliphatic rings. The van der Waals surface area contributed by atoms with Crippen LogP contribution < -0.4 is 9.62 Å². The topological polar surface area (TPSA) is 66.5 Å². The summed E-state index contributed by atoms with van der Waals surface area (Å²) in [5, 5.41) is 1.88. The molecular formula is C14H14N2O3S2. The lowest BCUT2D eigenvalue weighted by atomic mass is 10.1. The van der Waals surface area contributed by atoms with Gasteiger partial charge in [-0.05, 0) is 41.6 Å². The average Bonchev–Trinajstić information content (AvgIpc) is 3.05. The number of thiophene rings is 1. The summed E-state index contributed by atoms with van der Waals surface area (Å²) in [6.45, 7) is 0.619. The van der Waals surface area contributed by atoms with Crippen LogP contribution in [-0.2, 0) is 16.4 Å². The van der Waals surface area contributed by atoms with Crippen LogP contribution in [0.5, 0.6) is 0 Å². The summed E-state index contributed by atoms with van der Waals surface area (Å²) in [4.78, 5) is 14.9. The number of sulfonamides is 1. The number of hydrogen-bond acceptors (Lipinski definition) is 4. The van der Waals surface area contributed by atoms with Crippen molar-refractivity contribution >= 4 is 38.6 Å². The van der Waals surface area contributed by atoms with Gasteiger partial charge in [0, 0.05) is 17.9 Å². The van der Waals surface area contributed by atoms with Gasteiger partial charge in [0.25, 0.3) is 5.91 Å². The van der Waals surface area contributed by atoms with E-state index in [4.69, 9.17) is 0 Å². The van der Waals surface area contributed by atoms with Crippen molar-refractivity contribution in [3.05, 3.63) is 46.2 Å². The zero-order chi connectivity index (χ0) is 15.0. The first-order chi connectivity index (χ1) is 9.94. The largest absolute Gasteiger partial charge is 0.307 e. The standard InChI is InChI=1S/C14H14N2O3S2/c1-21(18,19)15-11-4-5-12-10(9-11)6-7-16(12)14(17)13-3-2-8-20-13/h2-5,8-9,15H,6-7H2,1H3. The predicted octanol–water partition coefficient (Wildman–Crippen LogP) is 2.32. The molecule has 0 saturated carbocycles. The Bertz CT molecular complexity index is 783. The monoisotopic (exact) mass is 322 g/mol. The fourth-order valence-corrected chi connectivity index (χ4v) is 3.65. The van der Waals surface area contributed by atoms with Gasteiger partial charge in [0.1, 0.15) is 0 Å². The van der Waals surface area contributed by atoms with Gasteiger partial charge in [0.05, 0.1) is 11.1 Å². The van der Waals surface area contributed by atoms with Crippen LogP contribution in [0.2, 0.25) is 0 Å². The molecule has 7 heteroatoms. The molecule has 0 radical (unpaired) electrons. The van der Waals surface area contributed by atoms with Gasteiger partial charge in [-0.25, -0.2) is 8.42 Å². The Morgan fingerprint density at radius 2 is 2.14 bits per heavy atom. The molecule has 1 aromatic heterocycles. The smallest absolute Gasteiger partial charge is 0.268 e. The van der Waals surface area contributed by atoms with E-state index < -0.39 is 10.0 Å². The quantitative estimate of drug-likeness (QED) is 0.943. The Morgan fingerprint density at radius 3 is 2.81 bits per heavy atom. The Balaban J connectivity index is 1.88. The number of nitrogens with one attached hydrogen (secondary N) is 1. The van der Waals surface area contributed by atoms with Crippen molar-refractivity contribution in [2.24, 2.45) is 0 Å². The molecule has 1 aliphatic heterocycles. The van der Waals surface area contributed by atoms with E-state index >= 15 is 0 Å². The van der Waals surface area contributed by atoms with Gasteiger partial charge < -0.3 is 4.90 Å². The molecule has 110 valence electrons. The van der Waals surface area contributed by atoms with E-state index in [2.05, 4.69) is 4.72 Å². The number of carbonyl (C=O) groups is 1. The molecule has 2 heterocycles. The number of nitrogens with zero attached hydrogens (tertiary/aromatic N) is 1. The van der Waals surface area contributed by atoms with Crippen molar-refractivity contribution < 1.29 is 13.2 Å². The van der Waals surface area contributed by atoms with E-state index in [1.807, 2.05) is 17.5 Å². The third-order valence-electron chi connectivity index (χ3n) is 3.26. The van der Waals surface area contributed by atoms with Gasteiger partial charge in [0.2, 0.25) is 10.0 Å². The predicted molar refractivity (Wildman–Crippen MR) is 84.6 cm³/mol. The first kappa shape index (κ1) is 14.1. The molecule has 1 amide bonds. The van der Waals surface area contributed by atoms with Crippen LogP contribution in [0.4, 0.5) is 11.4 Å². The second-order valence-corrected chi connectivity index (χ2v) is 7.60. The second kappa shape index (κ2) is 5.16. The Hall–Kier alpha value is -1.86. The Kier molecular flexibility index (Phi) is 3.46. The molecule has 3 rings (SSSR count). The van der Waals surface area contributed by atoms with E-state index in [1.165, 1.54) is 11.3 Å². The normalized spacial score (nSPS) is 14.0. The van der Waals surface area contributed by atoms with Gasteiger partial charge in [0.15, 0.2) is 0 Å². The van der Waals surface area contributed by atoms with Crippen LogP contribution in [0, 0.1) is 0 Å². The van der Waals surface area contributed by atoms with E-state index in [0.717, 1.165) is 23.9 Å². The minimum atomic E-state index is -3.29. The minimum Gasteiger partial charge on any atom is -0.307 e. The highest BCUT2D eigenvalue weighted by molar-refractivity contribution is 7.92. The summed E-state index contributed by atoms with van der Waals surface area (Å²) in [6, 6.07) is 8.93. The summed E-state index contributed by atoms with van der Waals surface area (Å²) < 4.78 is 25.0. The molecule has 0 unspecified atom stereocenters. The van der Waals surface area contributed by atoms with Crippen molar-refractivity contribution in [3.8, 4) is 0 Å². The number of rotatable bonds is 3. The van der Waals surface area contributed by atoms with E-state index in [0.29, 0.717) is 17.1 Å². The lowest BCUT2D eigenvalue weighted by Crippen LogP contribution is -2.28. The highest BCUT2D eigenvalue weighted by Gasteiger charge is 2.26. The Labute approximate surface area is 127 Å². The van der Waals surface area contributed by atoms with Crippen LogP contribution in [0.25, 0.3) is 0 Å². The number of carbonyl (C=O) groups excluding carboxylic acids is 1. The van der Waals surface area contributed by atoms with Crippen LogP contribution in [-0.4, -0.2) is 27.1 Å². The summed E-state index contributed by atoms with van der Waals surface area (Å²) in [5.41, 5.74) is 2.36. The molecule has 0 spiro atoms.